The quantitative estimate of drug-likeness (QED) is 0.861. The molecule has 2 heterocycles. The van der Waals surface area contributed by atoms with Crippen LogP contribution in [0.5, 0.6) is 0 Å². The number of carboxylic acids is 1. The maximum atomic E-state index is 13.0. The molecular weight excluding hydrogens is 353 g/mol. The molecule has 1 amide bonds. The van der Waals surface area contributed by atoms with Crippen LogP contribution in [0.15, 0.2) is 24.3 Å². The van der Waals surface area contributed by atoms with Gasteiger partial charge in [-0.05, 0) is 25.2 Å². The molecule has 0 aromatic heterocycles. The average molecular weight is 372 g/mol. The molecule has 2 aliphatic rings. The van der Waals surface area contributed by atoms with Gasteiger partial charge in [-0.1, -0.05) is 6.07 Å². The lowest BCUT2D eigenvalue weighted by molar-refractivity contribution is -0.144. The summed E-state index contributed by atoms with van der Waals surface area (Å²) in [6.07, 6.45) is -3.79. The van der Waals surface area contributed by atoms with Crippen LogP contribution in [0.3, 0.4) is 0 Å². The molecule has 1 spiro atoms. The topological polar surface area (TPSA) is 70.1 Å². The molecule has 1 N–H and O–H groups in total. The maximum Gasteiger partial charge on any atom is 0.416 e. The summed E-state index contributed by atoms with van der Waals surface area (Å²) in [6.45, 7) is 1.02. The van der Waals surface area contributed by atoms with Crippen LogP contribution < -0.4 is 0 Å². The van der Waals surface area contributed by atoms with Crippen LogP contribution in [0.1, 0.15) is 28.8 Å². The van der Waals surface area contributed by atoms with E-state index < -0.39 is 35.4 Å². The Morgan fingerprint density at radius 1 is 1.27 bits per heavy atom. The van der Waals surface area contributed by atoms with Crippen LogP contribution in [0.4, 0.5) is 13.2 Å². The van der Waals surface area contributed by atoms with E-state index in [4.69, 9.17) is 4.74 Å². The number of piperidine rings is 1. The van der Waals surface area contributed by atoms with Gasteiger partial charge in [-0.25, -0.2) is 4.79 Å². The molecule has 1 aromatic rings. The van der Waals surface area contributed by atoms with E-state index in [1.807, 2.05) is 11.9 Å². The highest BCUT2D eigenvalue weighted by Gasteiger charge is 2.53. The second-order valence-corrected chi connectivity index (χ2v) is 6.67. The van der Waals surface area contributed by atoms with Gasteiger partial charge < -0.3 is 14.7 Å². The zero-order valence-corrected chi connectivity index (χ0v) is 14.1. The van der Waals surface area contributed by atoms with E-state index in [1.54, 1.807) is 0 Å². The van der Waals surface area contributed by atoms with Gasteiger partial charge >= 0.3 is 12.1 Å². The van der Waals surface area contributed by atoms with Crippen molar-refractivity contribution in [3.8, 4) is 0 Å². The molecule has 2 aliphatic heterocycles. The van der Waals surface area contributed by atoms with Crippen molar-refractivity contribution in [2.75, 3.05) is 26.7 Å². The fraction of sp³-hybridized carbons (Fsp3) is 0.529. The summed E-state index contributed by atoms with van der Waals surface area (Å²) >= 11 is 0. The van der Waals surface area contributed by atoms with Crippen molar-refractivity contribution in [3.63, 3.8) is 0 Å². The molecule has 1 atom stereocenters. The zero-order chi connectivity index (χ0) is 19.1. The number of carbonyl (C=O) groups is 2. The molecule has 1 unspecified atom stereocenters. The van der Waals surface area contributed by atoms with Crippen molar-refractivity contribution < 1.29 is 32.6 Å². The molecule has 9 heteroatoms. The molecule has 2 saturated heterocycles. The fourth-order valence-corrected chi connectivity index (χ4v) is 3.49. The van der Waals surface area contributed by atoms with E-state index in [-0.39, 0.29) is 12.2 Å². The molecule has 0 radical (unpaired) electrons. The van der Waals surface area contributed by atoms with Crippen molar-refractivity contribution in [2.45, 2.75) is 30.8 Å². The van der Waals surface area contributed by atoms with Crippen molar-refractivity contribution in [1.82, 2.24) is 9.80 Å². The first kappa shape index (κ1) is 18.7. The van der Waals surface area contributed by atoms with Crippen LogP contribution >= 0.6 is 0 Å². The Hall–Kier alpha value is -2.13. The van der Waals surface area contributed by atoms with Crippen LogP contribution in [-0.2, 0) is 15.7 Å². The van der Waals surface area contributed by atoms with Gasteiger partial charge in [-0.15, -0.1) is 0 Å². The number of nitrogens with zero attached hydrogens (tertiary/aromatic N) is 2. The zero-order valence-electron chi connectivity index (χ0n) is 14.1. The Morgan fingerprint density at radius 3 is 2.50 bits per heavy atom. The lowest BCUT2D eigenvalue weighted by atomic mass is 9.97. The third kappa shape index (κ3) is 3.28. The van der Waals surface area contributed by atoms with E-state index in [0.29, 0.717) is 25.9 Å². The first-order valence-electron chi connectivity index (χ1n) is 8.20. The minimum absolute atomic E-state index is 0.177. The van der Waals surface area contributed by atoms with Crippen LogP contribution in [0, 0.1) is 0 Å². The number of hydrogen-bond acceptors (Lipinski definition) is 4. The minimum atomic E-state index is -4.59. The predicted octanol–water partition coefficient (Wildman–Crippen LogP) is 2.05. The summed E-state index contributed by atoms with van der Waals surface area (Å²) in [6, 6.07) is 2.81. The number of halogens is 3. The molecular formula is C17H19F3N2O4. The Bertz CT molecular complexity index is 714. The number of likely N-dealkylation sites (tertiary alicyclic amines) is 1. The summed E-state index contributed by atoms with van der Waals surface area (Å²) in [5, 5.41) is 9.46. The molecule has 26 heavy (non-hydrogen) atoms. The summed E-state index contributed by atoms with van der Waals surface area (Å²) < 4.78 is 44.6. The minimum Gasteiger partial charge on any atom is -0.480 e. The Balaban J connectivity index is 1.97. The van der Waals surface area contributed by atoms with Gasteiger partial charge in [0.25, 0.3) is 5.91 Å². The van der Waals surface area contributed by atoms with Crippen molar-refractivity contribution in [3.05, 3.63) is 35.4 Å². The number of carboxylic acid groups (broad SMARTS) is 1. The molecule has 0 aliphatic carbocycles. The van der Waals surface area contributed by atoms with Crippen molar-refractivity contribution >= 4 is 11.9 Å². The molecule has 142 valence electrons. The first-order valence-corrected chi connectivity index (χ1v) is 8.20. The number of benzene rings is 1. The normalized spacial score (nSPS) is 23.4. The second kappa shape index (κ2) is 6.55. The SMILES string of the molecule is CN1CCC2(CC1)OCC(C(=O)O)N2C(=O)c1cccc(C(F)(F)F)c1. The Labute approximate surface area is 148 Å². The summed E-state index contributed by atoms with van der Waals surface area (Å²) in [5.41, 5.74) is -2.25. The van der Waals surface area contributed by atoms with Gasteiger partial charge in [-0.2, -0.15) is 13.2 Å². The van der Waals surface area contributed by atoms with Crippen molar-refractivity contribution in [2.24, 2.45) is 0 Å². The van der Waals surface area contributed by atoms with Crippen molar-refractivity contribution in [1.29, 1.82) is 0 Å². The van der Waals surface area contributed by atoms with Gasteiger partial charge in [0.1, 0.15) is 5.72 Å². The standard InChI is InChI=1S/C17H19F3N2O4/c1-21-7-5-16(6-8-21)22(13(10-26-16)15(24)25)14(23)11-3-2-4-12(9-11)17(18,19)20/h2-4,9,13H,5-8,10H2,1H3,(H,24,25). The molecule has 3 rings (SSSR count). The number of amides is 1. The molecule has 2 fully saturated rings. The van der Waals surface area contributed by atoms with Gasteiger partial charge in [0.05, 0.1) is 12.2 Å². The van der Waals surface area contributed by atoms with Crippen LogP contribution in [0.2, 0.25) is 0 Å². The highest BCUT2D eigenvalue weighted by atomic mass is 19.4. The first-order chi connectivity index (χ1) is 12.1. The molecule has 6 nitrogen and oxygen atoms in total. The van der Waals surface area contributed by atoms with Crippen LogP contribution in [-0.4, -0.2) is 65.3 Å². The summed E-state index contributed by atoms with van der Waals surface area (Å²) in [7, 11) is 1.90. The van der Waals surface area contributed by atoms with Gasteiger partial charge in [0.15, 0.2) is 6.04 Å². The molecule has 1 aromatic carbocycles. The summed E-state index contributed by atoms with van der Waals surface area (Å²) in [4.78, 5) is 27.7. The van der Waals surface area contributed by atoms with Gasteiger partial charge in [0.2, 0.25) is 0 Å². The van der Waals surface area contributed by atoms with Gasteiger partial charge in [0, 0.05) is 31.5 Å². The molecule has 0 saturated carbocycles. The van der Waals surface area contributed by atoms with Gasteiger partial charge in [-0.3, -0.25) is 9.69 Å². The maximum absolute atomic E-state index is 13.0. The van der Waals surface area contributed by atoms with E-state index in [1.165, 1.54) is 6.07 Å². The number of ether oxygens (including phenoxy) is 1. The fourth-order valence-electron chi connectivity index (χ4n) is 3.49. The third-order valence-electron chi connectivity index (χ3n) is 4.97. The smallest absolute Gasteiger partial charge is 0.416 e. The highest BCUT2D eigenvalue weighted by Crippen LogP contribution is 2.38. The number of carbonyl (C=O) groups excluding carboxylic acids is 1. The van der Waals surface area contributed by atoms with E-state index >= 15 is 0 Å². The predicted molar refractivity (Wildman–Crippen MR) is 84.5 cm³/mol. The summed E-state index contributed by atoms with van der Waals surface area (Å²) in [5.74, 6) is -1.99. The number of aliphatic carboxylic acids is 1. The third-order valence-corrected chi connectivity index (χ3v) is 4.97. The number of alkyl halides is 3. The van der Waals surface area contributed by atoms with E-state index in [2.05, 4.69) is 0 Å². The highest BCUT2D eigenvalue weighted by molar-refractivity contribution is 5.97. The van der Waals surface area contributed by atoms with E-state index in [9.17, 15) is 27.9 Å². The Morgan fingerprint density at radius 2 is 1.92 bits per heavy atom. The van der Waals surface area contributed by atoms with E-state index in [0.717, 1.165) is 23.1 Å². The second-order valence-electron chi connectivity index (χ2n) is 6.67. The number of hydrogen-bond donors (Lipinski definition) is 1. The Kier molecular flexibility index (Phi) is 4.70. The lowest BCUT2D eigenvalue weighted by Crippen LogP contribution is -2.57. The number of rotatable bonds is 2. The lowest BCUT2D eigenvalue weighted by Gasteiger charge is -2.43. The van der Waals surface area contributed by atoms with Crippen LogP contribution in [0.25, 0.3) is 0 Å². The monoisotopic (exact) mass is 372 g/mol. The largest absolute Gasteiger partial charge is 0.480 e. The molecule has 0 bridgehead atoms. The average Bonchev–Trinajstić information content (AvgIpc) is 2.96.